The van der Waals surface area contributed by atoms with Gasteiger partial charge in [0.25, 0.3) is 0 Å². The minimum absolute atomic E-state index is 0. The van der Waals surface area contributed by atoms with Gasteiger partial charge >= 0.3 is 0 Å². The molecule has 0 aromatic carbocycles. The predicted octanol–water partition coefficient (Wildman–Crippen LogP) is -0.00750. The fraction of sp³-hybridized carbons (Fsp3) is 0. The molecule has 0 aromatic rings. The minimum Gasteiger partial charge on any atom is 0 e. The van der Waals surface area contributed by atoms with Crippen LogP contribution in [-0.2, 0) is 66.3 Å². The second kappa shape index (κ2) is 30.5. The van der Waals surface area contributed by atoms with Crippen molar-refractivity contribution in [1.82, 2.24) is 0 Å². The number of rotatable bonds is 0. The first kappa shape index (κ1) is 40.3. The first-order valence-electron chi connectivity index (χ1n) is 0. The Labute approximate surface area is 178 Å². The van der Waals surface area contributed by atoms with Gasteiger partial charge in [0.15, 0.2) is 0 Å². The normalized spacial score (nSPS) is 0. The smallest absolute Gasteiger partial charge is 0 e. The van der Waals surface area contributed by atoms with Crippen LogP contribution in [0.5, 0.6) is 0 Å². The first-order valence-corrected chi connectivity index (χ1v) is 0. The molecule has 0 unspecified atom stereocenters. The number of hydrogen-bond donors (Lipinski definition) is 0. The van der Waals surface area contributed by atoms with Crippen LogP contribution >= 0.6 is 0 Å². The maximum Gasteiger partial charge on any atom is 0 e. The molecule has 0 amide bonds. The molecule has 0 saturated heterocycles. The summed E-state index contributed by atoms with van der Waals surface area (Å²) in [5, 5.41) is 0. The van der Waals surface area contributed by atoms with Gasteiger partial charge in [-0.15, -0.1) is 0 Å². The molecule has 6 heavy (non-hydrogen) atoms. The van der Waals surface area contributed by atoms with E-state index < -0.39 is 0 Å². The Kier molecular flexibility index (Phi) is 205. The Hall–Kier alpha value is 6.03. The van der Waals surface area contributed by atoms with Gasteiger partial charge in [-0.05, 0) is 0 Å². The fourth-order valence-corrected chi connectivity index (χ4v) is 0. The predicted molar refractivity (Wildman–Crippen MR) is 0 cm³/mol. The van der Waals surface area contributed by atoms with Crippen LogP contribution in [0.4, 0.5) is 0 Å². The molecule has 0 saturated carbocycles. The topological polar surface area (TPSA) is 0 Å². The summed E-state index contributed by atoms with van der Waals surface area (Å²) in [6.45, 7) is 0. The molecule has 0 heterocycles. The first-order chi connectivity index (χ1) is 0. The van der Waals surface area contributed by atoms with Gasteiger partial charge in [-0.3, -0.25) is 0 Å². The molecule has 6 heteroatoms. The van der Waals surface area contributed by atoms with E-state index in [1.807, 2.05) is 0 Å². The molecule has 0 aliphatic carbocycles. The summed E-state index contributed by atoms with van der Waals surface area (Å²) in [6, 6.07) is 0. The Morgan fingerprint density at radius 3 is 1.00 bits per heavy atom. The summed E-state index contributed by atoms with van der Waals surface area (Å²) in [5.41, 5.74) is 0. The van der Waals surface area contributed by atoms with Crippen molar-refractivity contribution in [3.8, 4) is 0 Å². The zero-order chi connectivity index (χ0) is 0. The average molecular weight is 632 g/mol. The summed E-state index contributed by atoms with van der Waals surface area (Å²) in [5.74, 6) is 0. The van der Waals surface area contributed by atoms with Gasteiger partial charge in [-0.2, -0.15) is 0 Å². The molecule has 0 N–H and O–H groups in total. The van der Waals surface area contributed by atoms with Gasteiger partial charge in [0.1, 0.15) is 0 Å². The van der Waals surface area contributed by atoms with Crippen molar-refractivity contribution in [2.45, 2.75) is 0 Å². The van der Waals surface area contributed by atoms with Crippen molar-refractivity contribution < 1.29 is 184 Å². The molecule has 0 aliphatic heterocycles. The van der Waals surface area contributed by atoms with Crippen LogP contribution < -0.4 is 0 Å². The van der Waals surface area contributed by atoms with Gasteiger partial charge in [0.05, 0.1) is 0 Å². The van der Waals surface area contributed by atoms with Crippen molar-refractivity contribution in [3.63, 3.8) is 0 Å². The molecular formula is CeLaMnNiSmY. The molecule has 33 valence electrons. The largest absolute Gasteiger partial charge is 0 e. The SMILES string of the molecule is [Ce].[La].[Mn].[Ni].[Sm].[Y]. The summed E-state index contributed by atoms with van der Waals surface area (Å²) in [7, 11) is 0. The monoisotopic (exact) mass is 633 g/mol. The zero-order valence-electron chi connectivity index (χ0n) is 2.76. The Morgan fingerprint density at radius 2 is 1.00 bits per heavy atom. The third kappa shape index (κ3) is 22.5. The van der Waals surface area contributed by atoms with E-state index in [1.54, 1.807) is 0 Å². The molecule has 0 aromatic heterocycles. The third-order valence-electron chi connectivity index (χ3n) is 0. The minimum atomic E-state index is 0. The van der Waals surface area contributed by atoms with Crippen molar-refractivity contribution in [1.29, 1.82) is 0 Å². The van der Waals surface area contributed by atoms with Crippen LogP contribution in [-0.4, -0.2) is 0 Å². The summed E-state index contributed by atoms with van der Waals surface area (Å²) in [6.07, 6.45) is 0. The van der Waals surface area contributed by atoms with Gasteiger partial charge < -0.3 is 0 Å². The van der Waals surface area contributed by atoms with Crippen LogP contribution in [0.15, 0.2) is 0 Å². The average Bonchev–Trinajstić information content (AvgIpc) is 0. The van der Waals surface area contributed by atoms with Gasteiger partial charge in [0.2, 0.25) is 0 Å². The summed E-state index contributed by atoms with van der Waals surface area (Å²) >= 11 is 0. The van der Waals surface area contributed by atoms with E-state index in [0.717, 1.165) is 0 Å². The van der Waals surface area contributed by atoms with Crippen LogP contribution in [0.3, 0.4) is 0 Å². The van der Waals surface area contributed by atoms with E-state index in [-0.39, 0.29) is 184 Å². The standard InChI is InChI=1S/Ce.La.Mn.Ni.Sm.Y. The summed E-state index contributed by atoms with van der Waals surface area (Å²) < 4.78 is 0. The van der Waals surface area contributed by atoms with Crippen LogP contribution in [0.2, 0.25) is 0 Å². The Morgan fingerprint density at radius 1 is 1.00 bits per heavy atom. The zero-order valence-corrected chi connectivity index (χ0v) is 17.1. The van der Waals surface area contributed by atoms with Crippen molar-refractivity contribution in [2.24, 2.45) is 0 Å². The van der Waals surface area contributed by atoms with Crippen molar-refractivity contribution >= 4 is 0 Å². The van der Waals surface area contributed by atoms with Crippen molar-refractivity contribution in [3.05, 3.63) is 0 Å². The molecule has 0 spiro atoms. The summed E-state index contributed by atoms with van der Waals surface area (Å²) in [4.78, 5) is 0. The third-order valence-corrected chi connectivity index (χ3v) is 0. The van der Waals surface area contributed by atoms with E-state index in [1.165, 1.54) is 0 Å². The van der Waals surface area contributed by atoms with E-state index in [9.17, 15) is 0 Å². The molecular weight excluding hydrogens is 632 g/mol. The molecule has 0 fully saturated rings. The Bertz CT molecular complexity index is 15.5. The second-order valence-corrected chi connectivity index (χ2v) is 0. The molecule has 0 atom stereocenters. The van der Waals surface area contributed by atoms with Gasteiger partial charge in [-0.1, -0.05) is 0 Å². The van der Waals surface area contributed by atoms with E-state index in [4.69, 9.17) is 0 Å². The van der Waals surface area contributed by atoms with E-state index >= 15 is 0 Å². The number of hydrogen-bond acceptors (Lipinski definition) is 0. The van der Waals surface area contributed by atoms with Crippen molar-refractivity contribution in [2.75, 3.05) is 0 Å². The van der Waals surface area contributed by atoms with Crippen LogP contribution in [0.1, 0.15) is 0 Å². The quantitative estimate of drug-likeness (QED) is 0.331. The van der Waals surface area contributed by atoms with Gasteiger partial charge in [0, 0.05) is 184 Å². The molecule has 3 radical (unpaired) electrons. The molecule has 0 bridgehead atoms. The van der Waals surface area contributed by atoms with E-state index in [0.29, 0.717) is 0 Å². The molecule has 0 aliphatic rings. The fourth-order valence-electron chi connectivity index (χ4n) is 0. The molecule has 0 nitrogen and oxygen atoms in total. The van der Waals surface area contributed by atoms with E-state index in [2.05, 4.69) is 0 Å². The maximum atomic E-state index is 0. The molecule has 0 rings (SSSR count). The Balaban J connectivity index is 0. The van der Waals surface area contributed by atoms with Crippen LogP contribution in [0.25, 0.3) is 0 Å². The second-order valence-electron chi connectivity index (χ2n) is 0. The van der Waals surface area contributed by atoms with Gasteiger partial charge in [-0.25, -0.2) is 0 Å². The maximum absolute atomic E-state index is 0. The van der Waals surface area contributed by atoms with Crippen LogP contribution in [0, 0.1) is 118 Å².